The van der Waals surface area contributed by atoms with Gasteiger partial charge in [0.15, 0.2) is 0 Å². The lowest BCUT2D eigenvalue weighted by Crippen LogP contribution is -2.44. The van der Waals surface area contributed by atoms with Gasteiger partial charge in [-0.3, -0.25) is 4.74 Å². The van der Waals surface area contributed by atoms with Gasteiger partial charge in [-0.2, -0.15) is 35.1 Å². The summed E-state index contributed by atoms with van der Waals surface area (Å²) in [6.45, 7) is 0. The van der Waals surface area contributed by atoms with Crippen molar-refractivity contribution in [2.24, 2.45) is 0 Å². The van der Waals surface area contributed by atoms with E-state index in [2.05, 4.69) is 4.74 Å². The molecule has 0 rings (SSSR count). The van der Waals surface area contributed by atoms with Gasteiger partial charge in [-0.05, 0) is 0 Å². The number of ether oxygens (including phenoxy) is 1. The van der Waals surface area contributed by atoms with E-state index in [1.807, 2.05) is 0 Å². The number of rotatable bonds is 8. The van der Waals surface area contributed by atoms with Crippen molar-refractivity contribution >= 4 is 0 Å². The highest BCUT2D eigenvalue weighted by Crippen LogP contribution is 2.42. The molecule has 0 radical (unpaired) electrons. The van der Waals surface area contributed by atoms with E-state index < -0.39 is 49.8 Å². The van der Waals surface area contributed by atoms with Crippen LogP contribution in [0.4, 0.5) is 52.7 Å². The number of halogens is 12. The van der Waals surface area contributed by atoms with Crippen molar-refractivity contribution in [1.82, 2.24) is 0 Å². The van der Waals surface area contributed by atoms with Crippen LogP contribution >= 0.6 is 0 Å². The Labute approximate surface area is 108 Å². The third-order valence-electron chi connectivity index (χ3n) is 1.82. The van der Waals surface area contributed by atoms with E-state index in [1.165, 1.54) is 0 Å². The molecule has 0 aromatic rings. The monoisotopic (exact) mass is 346 g/mol. The third-order valence-corrected chi connectivity index (χ3v) is 1.82. The Hall–Kier alpha value is -0.880. The molecule has 0 fully saturated rings. The van der Waals surface area contributed by atoms with Crippen LogP contribution in [0.3, 0.4) is 0 Å². The van der Waals surface area contributed by atoms with E-state index in [9.17, 15) is 52.7 Å². The Bertz CT molecular complexity index is 306. The molecule has 0 saturated heterocycles. The molecule has 0 aliphatic rings. The second-order valence-corrected chi connectivity index (χ2v) is 3.85. The van der Waals surface area contributed by atoms with Gasteiger partial charge in [-0.15, -0.1) is 0 Å². The highest BCUT2D eigenvalue weighted by Gasteiger charge is 2.58. The van der Waals surface area contributed by atoms with Crippen molar-refractivity contribution in [2.45, 2.75) is 49.8 Å². The first-order chi connectivity index (χ1) is 9.01. The molecule has 1 nitrogen and oxygen atoms in total. The van der Waals surface area contributed by atoms with Crippen molar-refractivity contribution in [3.63, 3.8) is 0 Å². The summed E-state index contributed by atoms with van der Waals surface area (Å²) >= 11 is 0. The molecule has 0 aliphatic carbocycles. The van der Waals surface area contributed by atoms with Gasteiger partial charge in [0.2, 0.25) is 0 Å². The molecule has 0 aromatic carbocycles. The lowest BCUT2D eigenvalue weighted by atomic mass is 10.2. The molecule has 0 N–H and O–H groups in total. The van der Waals surface area contributed by atoms with Crippen LogP contribution in [0.1, 0.15) is 12.8 Å². The molecular weight excluding hydrogens is 340 g/mol. The molecule has 0 spiro atoms. The van der Waals surface area contributed by atoms with Crippen LogP contribution < -0.4 is 0 Å². The van der Waals surface area contributed by atoms with E-state index in [-0.39, 0.29) is 0 Å². The van der Waals surface area contributed by atoms with Crippen LogP contribution in [0.2, 0.25) is 0 Å². The Morgan fingerprint density at radius 2 is 0.810 bits per heavy atom. The highest BCUT2D eigenvalue weighted by atomic mass is 19.3. The average molecular weight is 346 g/mol. The van der Waals surface area contributed by atoms with Crippen LogP contribution in [-0.2, 0) is 4.74 Å². The Kier molecular flexibility index (Phi) is 5.83. The smallest absolute Gasteiger partial charge is 0.255 e. The fourth-order valence-corrected chi connectivity index (χ4v) is 0.994. The minimum absolute atomic E-state index is 2.30. The summed E-state index contributed by atoms with van der Waals surface area (Å²) in [5, 5.41) is 0. The highest BCUT2D eigenvalue weighted by molar-refractivity contribution is 4.78. The van der Waals surface area contributed by atoms with Crippen LogP contribution in [0.5, 0.6) is 0 Å². The first-order valence-corrected chi connectivity index (χ1v) is 4.78. The van der Waals surface area contributed by atoms with Gasteiger partial charge < -0.3 is 0 Å². The summed E-state index contributed by atoms with van der Waals surface area (Å²) in [6.07, 6.45) is -27.1. The third kappa shape index (κ3) is 6.61. The standard InChI is InChI=1S/C8H6F12O/c9-3(10)5(13,14)1-7(17,18)21-8(19,20)2-6(15,16)4(11)12/h3-4H,1-2H2. The molecule has 0 atom stereocenters. The van der Waals surface area contributed by atoms with Crippen molar-refractivity contribution in [3.8, 4) is 0 Å². The Morgan fingerprint density at radius 1 is 0.571 bits per heavy atom. The molecule has 0 bridgehead atoms. The first kappa shape index (κ1) is 20.1. The normalized spacial score (nSPS) is 15.1. The quantitative estimate of drug-likeness (QED) is 0.576. The summed E-state index contributed by atoms with van der Waals surface area (Å²) in [7, 11) is 0. The van der Waals surface area contributed by atoms with Gasteiger partial charge in [-0.1, -0.05) is 0 Å². The first-order valence-electron chi connectivity index (χ1n) is 4.78. The molecule has 13 heteroatoms. The fraction of sp³-hybridized carbons (Fsp3) is 1.00. The lowest BCUT2D eigenvalue weighted by molar-refractivity contribution is -0.403. The topological polar surface area (TPSA) is 9.23 Å². The van der Waals surface area contributed by atoms with E-state index in [1.54, 1.807) is 0 Å². The van der Waals surface area contributed by atoms with Gasteiger partial charge in [0, 0.05) is 0 Å². The second-order valence-electron chi connectivity index (χ2n) is 3.85. The summed E-state index contributed by atoms with van der Waals surface area (Å²) in [5.41, 5.74) is 0. The Balaban J connectivity index is 4.92. The predicted octanol–water partition coefficient (Wildman–Crippen LogP) is 4.77. The molecule has 0 heterocycles. The van der Waals surface area contributed by atoms with Crippen molar-refractivity contribution in [2.75, 3.05) is 0 Å². The Morgan fingerprint density at radius 3 is 1.00 bits per heavy atom. The molecule has 0 unspecified atom stereocenters. The van der Waals surface area contributed by atoms with Gasteiger partial charge >= 0.3 is 36.9 Å². The van der Waals surface area contributed by atoms with Gasteiger partial charge in [0.05, 0.1) is 0 Å². The fourth-order valence-electron chi connectivity index (χ4n) is 0.994. The van der Waals surface area contributed by atoms with Crippen molar-refractivity contribution in [3.05, 3.63) is 0 Å². The maximum Gasteiger partial charge on any atom is 0.366 e. The molecule has 0 amide bonds. The van der Waals surface area contributed by atoms with Crippen LogP contribution in [0.15, 0.2) is 0 Å². The lowest BCUT2D eigenvalue weighted by Gasteiger charge is -2.28. The second kappa shape index (κ2) is 6.08. The van der Waals surface area contributed by atoms with Crippen LogP contribution in [-0.4, -0.2) is 36.9 Å². The number of hydrogen-bond donors (Lipinski definition) is 0. The van der Waals surface area contributed by atoms with Crippen molar-refractivity contribution < 1.29 is 57.4 Å². The molecule has 0 aliphatic heterocycles. The molecule has 21 heavy (non-hydrogen) atoms. The largest absolute Gasteiger partial charge is 0.366 e. The summed E-state index contributed by atoms with van der Waals surface area (Å²) in [5.74, 6) is -10.9. The molecule has 128 valence electrons. The molecule has 0 saturated carbocycles. The van der Waals surface area contributed by atoms with Gasteiger partial charge in [-0.25, -0.2) is 17.6 Å². The maximum absolute atomic E-state index is 12.6. The summed E-state index contributed by atoms with van der Waals surface area (Å²) in [6, 6.07) is 0. The summed E-state index contributed by atoms with van der Waals surface area (Å²) in [4.78, 5) is 0. The maximum atomic E-state index is 12.6. The number of hydrogen-bond acceptors (Lipinski definition) is 1. The van der Waals surface area contributed by atoms with Crippen LogP contribution in [0.25, 0.3) is 0 Å². The van der Waals surface area contributed by atoms with E-state index in [0.29, 0.717) is 0 Å². The minimum atomic E-state index is -5.65. The number of alkyl halides is 12. The zero-order valence-corrected chi connectivity index (χ0v) is 9.51. The molecular formula is C8H6F12O. The van der Waals surface area contributed by atoms with Gasteiger partial charge in [0.25, 0.3) is 0 Å². The zero-order valence-electron chi connectivity index (χ0n) is 9.51. The van der Waals surface area contributed by atoms with Gasteiger partial charge in [0.1, 0.15) is 12.8 Å². The zero-order chi connectivity index (χ0) is 17.3. The molecule has 0 aromatic heterocycles. The van der Waals surface area contributed by atoms with E-state index >= 15 is 0 Å². The van der Waals surface area contributed by atoms with Crippen molar-refractivity contribution in [1.29, 1.82) is 0 Å². The summed E-state index contributed by atoms with van der Waals surface area (Å²) < 4.78 is 148. The van der Waals surface area contributed by atoms with E-state index in [0.717, 1.165) is 0 Å². The SMILES string of the molecule is FC(F)C(F)(F)CC(F)(F)OC(F)(F)CC(F)(F)C(F)F. The average Bonchev–Trinajstić information content (AvgIpc) is 2.10. The predicted molar refractivity (Wildman–Crippen MR) is 42.1 cm³/mol. The van der Waals surface area contributed by atoms with E-state index in [4.69, 9.17) is 0 Å². The minimum Gasteiger partial charge on any atom is -0.255 e. The van der Waals surface area contributed by atoms with Crippen LogP contribution in [0, 0.1) is 0 Å².